The van der Waals surface area contributed by atoms with Gasteiger partial charge in [0, 0.05) is 30.0 Å². The second-order valence-electron chi connectivity index (χ2n) is 6.91. The first-order valence-electron chi connectivity index (χ1n) is 9.23. The van der Waals surface area contributed by atoms with Crippen LogP contribution < -0.4 is 0 Å². The molecule has 27 heavy (non-hydrogen) atoms. The number of ketones is 1. The van der Waals surface area contributed by atoms with Crippen LogP contribution in [-0.2, 0) is 0 Å². The third kappa shape index (κ3) is 3.86. The number of piperidine rings is 1. The van der Waals surface area contributed by atoms with Crippen molar-refractivity contribution in [2.75, 3.05) is 13.1 Å². The zero-order valence-electron chi connectivity index (χ0n) is 15.0. The summed E-state index contributed by atoms with van der Waals surface area (Å²) in [5, 5.41) is 3.78. The topological polar surface area (TPSA) is 37.4 Å². The standard InChI is InChI=1S/C23H21NO2S/c25-22(19-10-8-18(9-11-19)17-5-2-1-3-6-17)20-7-4-13-24(15-20)23(26)21-12-14-27-16-21/h1-3,5-6,8-12,14,16,20H,4,7,13,15H2/t20-/m1/s1. The quantitative estimate of drug-likeness (QED) is 0.591. The predicted molar refractivity (Wildman–Crippen MR) is 109 cm³/mol. The summed E-state index contributed by atoms with van der Waals surface area (Å²) in [7, 11) is 0. The SMILES string of the molecule is O=C(c1ccc(-c2ccccc2)cc1)[C@@H]1CCCN(C(=O)c2ccsc2)C1. The molecule has 1 saturated heterocycles. The first-order chi connectivity index (χ1) is 13.2. The number of amides is 1. The zero-order valence-corrected chi connectivity index (χ0v) is 15.8. The molecule has 0 saturated carbocycles. The van der Waals surface area contributed by atoms with Crippen LogP contribution in [0.5, 0.6) is 0 Å². The van der Waals surface area contributed by atoms with E-state index in [4.69, 9.17) is 0 Å². The van der Waals surface area contributed by atoms with E-state index in [1.165, 1.54) is 11.3 Å². The Kier molecular flexibility index (Phi) is 5.16. The molecule has 1 aromatic heterocycles. The van der Waals surface area contributed by atoms with Gasteiger partial charge in [-0.05, 0) is 35.4 Å². The Labute approximate surface area is 163 Å². The number of carbonyl (C=O) groups is 2. The van der Waals surface area contributed by atoms with Crippen molar-refractivity contribution in [3.8, 4) is 11.1 Å². The number of carbonyl (C=O) groups excluding carboxylic acids is 2. The fraction of sp³-hybridized carbons (Fsp3) is 0.217. The maximum Gasteiger partial charge on any atom is 0.254 e. The van der Waals surface area contributed by atoms with E-state index >= 15 is 0 Å². The molecule has 3 nitrogen and oxygen atoms in total. The van der Waals surface area contributed by atoms with Gasteiger partial charge in [0.15, 0.2) is 5.78 Å². The Morgan fingerprint density at radius 1 is 0.889 bits per heavy atom. The average Bonchev–Trinajstić information content (AvgIpc) is 3.28. The predicted octanol–water partition coefficient (Wildman–Crippen LogP) is 5.15. The highest BCUT2D eigenvalue weighted by molar-refractivity contribution is 7.08. The van der Waals surface area contributed by atoms with Crippen molar-refractivity contribution in [2.45, 2.75) is 12.8 Å². The maximum atomic E-state index is 13.0. The second-order valence-corrected chi connectivity index (χ2v) is 7.69. The van der Waals surface area contributed by atoms with Crippen molar-refractivity contribution in [3.63, 3.8) is 0 Å². The molecule has 3 aromatic rings. The highest BCUT2D eigenvalue weighted by Gasteiger charge is 2.29. The van der Waals surface area contributed by atoms with E-state index in [1.54, 1.807) is 0 Å². The highest BCUT2D eigenvalue weighted by atomic mass is 32.1. The van der Waals surface area contributed by atoms with Crippen LogP contribution in [-0.4, -0.2) is 29.7 Å². The summed E-state index contributed by atoms with van der Waals surface area (Å²) in [4.78, 5) is 27.4. The van der Waals surface area contributed by atoms with Crippen molar-refractivity contribution in [3.05, 3.63) is 82.6 Å². The van der Waals surface area contributed by atoms with Gasteiger partial charge in [-0.1, -0.05) is 54.6 Å². The minimum atomic E-state index is -0.121. The van der Waals surface area contributed by atoms with Gasteiger partial charge in [-0.15, -0.1) is 0 Å². The number of rotatable bonds is 4. The van der Waals surface area contributed by atoms with Crippen LogP contribution in [0.25, 0.3) is 11.1 Å². The van der Waals surface area contributed by atoms with Gasteiger partial charge >= 0.3 is 0 Å². The Balaban J connectivity index is 1.46. The summed E-state index contributed by atoms with van der Waals surface area (Å²) in [6.45, 7) is 1.24. The van der Waals surface area contributed by atoms with Crippen molar-refractivity contribution < 1.29 is 9.59 Å². The number of nitrogens with zero attached hydrogens (tertiary/aromatic N) is 1. The first-order valence-corrected chi connectivity index (χ1v) is 10.2. The van der Waals surface area contributed by atoms with Crippen LogP contribution in [0.3, 0.4) is 0 Å². The molecular weight excluding hydrogens is 354 g/mol. The normalized spacial score (nSPS) is 16.9. The van der Waals surface area contributed by atoms with E-state index in [2.05, 4.69) is 12.1 Å². The van der Waals surface area contributed by atoms with Gasteiger partial charge in [-0.2, -0.15) is 11.3 Å². The second kappa shape index (κ2) is 7.89. The number of Topliss-reactive ketones (excluding diaryl/α,β-unsaturated/α-hetero) is 1. The maximum absolute atomic E-state index is 13.0. The van der Waals surface area contributed by atoms with Crippen LogP contribution in [0.15, 0.2) is 71.4 Å². The molecule has 0 bridgehead atoms. The van der Waals surface area contributed by atoms with Crippen molar-refractivity contribution in [2.24, 2.45) is 5.92 Å². The Hall–Kier alpha value is -2.72. The van der Waals surface area contributed by atoms with E-state index < -0.39 is 0 Å². The Morgan fingerprint density at radius 3 is 2.33 bits per heavy atom. The largest absolute Gasteiger partial charge is 0.338 e. The number of benzene rings is 2. The van der Waals surface area contributed by atoms with Crippen LogP contribution in [0.4, 0.5) is 0 Å². The highest BCUT2D eigenvalue weighted by Crippen LogP contribution is 2.25. The van der Waals surface area contributed by atoms with Gasteiger partial charge in [0.05, 0.1) is 5.56 Å². The lowest BCUT2D eigenvalue weighted by Crippen LogP contribution is -2.42. The molecule has 0 N–H and O–H groups in total. The molecule has 1 aliphatic heterocycles. The number of likely N-dealkylation sites (tertiary alicyclic amines) is 1. The van der Waals surface area contributed by atoms with Gasteiger partial charge in [-0.3, -0.25) is 9.59 Å². The summed E-state index contributed by atoms with van der Waals surface area (Å²) in [5.41, 5.74) is 3.69. The van der Waals surface area contributed by atoms with E-state index in [-0.39, 0.29) is 17.6 Å². The van der Waals surface area contributed by atoms with Gasteiger partial charge in [0.25, 0.3) is 5.91 Å². The molecular formula is C23H21NO2S. The summed E-state index contributed by atoms with van der Waals surface area (Å²) in [6.07, 6.45) is 1.71. The number of thiophene rings is 1. The molecule has 0 spiro atoms. The van der Waals surface area contributed by atoms with Crippen LogP contribution in [0, 0.1) is 5.92 Å². The molecule has 0 aliphatic carbocycles. The lowest BCUT2D eigenvalue weighted by atomic mass is 9.89. The molecule has 0 radical (unpaired) electrons. The molecule has 1 aliphatic rings. The third-order valence-electron chi connectivity index (χ3n) is 5.12. The lowest BCUT2D eigenvalue weighted by Gasteiger charge is -2.32. The minimum absolute atomic E-state index is 0.0353. The summed E-state index contributed by atoms with van der Waals surface area (Å²) in [6, 6.07) is 19.8. The molecule has 1 fully saturated rings. The zero-order chi connectivity index (χ0) is 18.6. The molecule has 4 heteroatoms. The van der Waals surface area contributed by atoms with Gasteiger partial charge in [0.2, 0.25) is 0 Å². The van der Waals surface area contributed by atoms with E-state index in [1.807, 2.05) is 64.2 Å². The minimum Gasteiger partial charge on any atom is -0.338 e. The number of hydrogen-bond acceptors (Lipinski definition) is 3. The molecule has 2 aromatic carbocycles. The van der Waals surface area contributed by atoms with Crippen LogP contribution in [0.1, 0.15) is 33.6 Å². The smallest absolute Gasteiger partial charge is 0.254 e. The monoisotopic (exact) mass is 375 g/mol. The van der Waals surface area contributed by atoms with Crippen molar-refractivity contribution in [1.82, 2.24) is 4.90 Å². The molecule has 0 unspecified atom stereocenters. The van der Waals surface area contributed by atoms with E-state index in [0.29, 0.717) is 6.54 Å². The molecule has 1 amide bonds. The fourth-order valence-corrected chi connectivity index (χ4v) is 4.27. The molecule has 1 atom stereocenters. The van der Waals surface area contributed by atoms with E-state index in [0.717, 1.165) is 41.6 Å². The van der Waals surface area contributed by atoms with Crippen molar-refractivity contribution >= 4 is 23.0 Å². The first kappa shape index (κ1) is 17.7. The van der Waals surface area contributed by atoms with Crippen LogP contribution in [0.2, 0.25) is 0 Å². The van der Waals surface area contributed by atoms with Gasteiger partial charge in [-0.25, -0.2) is 0 Å². The Bertz CT molecular complexity index is 917. The van der Waals surface area contributed by atoms with Crippen molar-refractivity contribution in [1.29, 1.82) is 0 Å². The average molecular weight is 375 g/mol. The summed E-state index contributed by atoms with van der Waals surface area (Å²) < 4.78 is 0. The fourth-order valence-electron chi connectivity index (χ4n) is 3.64. The molecule has 4 rings (SSSR count). The van der Waals surface area contributed by atoms with Gasteiger partial charge in [0.1, 0.15) is 0 Å². The molecule has 136 valence electrons. The van der Waals surface area contributed by atoms with E-state index in [9.17, 15) is 9.59 Å². The molecule has 2 heterocycles. The summed E-state index contributed by atoms with van der Waals surface area (Å²) >= 11 is 1.52. The lowest BCUT2D eigenvalue weighted by molar-refractivity contribution is 0.0637. The number of hydrogen-bond donors (Lipinski definition) is 0. The summed E-state index contributed by atoms with van der Waals surface area (Å²) in [5.74, 6) is 0.0505. The third-order valence-corrected chi connectivity index (χ3v) is 5.81. The van der Waals surface area contributed by atoms with Crippen LogP contribution >= 0.6 is 11.3 Å². The Morgan fingerprint density at radius 2 is 1.63 bits per heavy atom. The van der Waals surface area contributed by atoms with Gasteiger partial charge < -0.3 is 4.90 Å².